The first-order chi connectivity index (χ1) is 9.86. The van der Waals surface area contributed by atoms with Crippen molar-refractivity contribution in [3.8, 4) is 0 Å². The molecule has 0 saturated carbocycles. The van der Waals surface area contributed by atoms with E-state index in [2.05, 4.69) is 51.0 Å². The first kappa shape index (κ1) is 15.4. The zero-order valence-electron chi connectivity index (χ0n) is 13.4. The second-order valence-electron chi connectivity index (χ2n) is 6.49. The van der Waals surface area contributed by atoms with Gasteiger partial charge in [-0.25, -0.2) is 4.98 Å². The molecule has 0 fully saturated rings. The Morgan fingerprint density at radius 3 is 2.43 bits per heavy atom. The van der Waals surface area contributed by atoms with Crippen molar-refractivity contribution >= 4 is 5.82 Å². The first-order valence-corrected chi connectivity index (χ1v) is 7.38. The van der Waals surface area contributed by atoms with Gasteiger partial charge in [0.1, 0.15) is 11.6 Å². The van der Waals surface area contributed by atoms with Crippen LogP contribution in [0.5, 0.6) is 0 Å². The Bertz CT molecular complexity index is 618. The fourth-order valence-corrected chi connectivity index (χ4v) is 2.59. The maximum Gasteiger partial charge on any atom is 0.127 e. The average molecular weight is 283 g/mol. The van der Waals surface area contributed by atoms with Gasteiger partial charge in [-0.1, -0.05) is 64.1 Å². The predicted octanol–water partition coefficient (Wildman–Crippen LogP) is 4.10. The van der Waals surface area contributed by atoms with Gasteiger partial charge in [-0.15, -0.1) is 6.58 Å². The standard InChI is InChI=1S/C18H25N3/c1-6-12-21-16(19)15(20-17(21)18(3,4)5)13(2)14-10-8-7-9-11-14/h6-11,13H,1,12,19H2,2-5H3. The van der Waals surface area contributed by atoms with Crippen molar-refractivity contribution in [2.45, 2.75) is 45.6 Å². The molecule has 0 amide bonds. The fourth-order valence-electron chi connectivity index (χ4n) is 2.59. The smallest absolute Gasteiger partial charge is 0.127 e. The Balaban J connectivity index is 2.52. The summed E-state index contributed by atoms with van der Waals surface area (Å²) in [5, 5.41) is 0. The van der Waals surface area contributed by atoms with Crippen LogP contribution in [0, 0.1) is 0 Å². The minimum Gasteiger partial charge on any atom is -0.384 e. The molecule has 0 spiro atoms. The van der Waals surface area contributed by atoms with Gasteiger partial charge in [0.25, 0.3) is 0 Å². The van der Waals surface area contributed by atoms with Gasteiger partial charge in [0, 0.05) is 17.9 Å². The quantitative estimate of drug-likeness (QED) is 0.858. The molecule has 0 aliphatic heterocycles. The highest BCUT2D eigenvalue weighted by atomic mass is 15.1. The number of allylic oxidation sites excluding steroid dienone is 1. The molecule has 1 atom stereocenters. The maximum absolute atomic E-state index is 6.38. The number of rotatable bonds is 4. The van der Waals surface area contributed by atoms with E-state index in [0.717, 1.165) is 17.3 Å². The molecule has 1 aromatic carbocycles. The van der Waals surface area contributed by atoms with Gasteiger partial charge in [-0.05, 0) is 5.56 Å². The summed E-state index contributed by atoms with van der Waals surface area (Å²) in [5.41, 5.74) is 8.51. The number of anilines is 1. The summed E-state index contributed by atoms with van der Waals surface area (Å²) in [6.45, 7) is 13.1. The van der Waals surface area contributed by atoms with Crippen LogP contribution in [0.1, 0.15) is 50.7 Å². The second kappa shape index (κ2) is 5.76. The molecule has 0 saturated heterocycles. The van der Waals surface area contributed by atoms with Crippen LogP contribution in [0.3, 0.4) is 0 Å². The molecular weight excluding hydrogens is 258 g/mol. The van der Waals surface area contributed by atoms with Crippen molar-refractivity contribution in [2.24, 2.45) is 0 Å². The van der Waals surface area contributed by atoms with E-state index >= 15 is 0 Å². The SMILES string of the molecule is C=CCn1c(C(C)(C)C)nc(C(C)c2ccccc2)c1N. The van der Waals surface area contributed by atoms with Crippen LogP contribution in [-0.2, 0) is 12.0 Å². The second-order valence-corrected chi connectivity index (χ2v) is 6.49. The van der Waals surface area contributed by atoms with Crippen molar-refractivity contribution in [2.75, 3.05) is 5.73 Å². The summed E-state index contributed by atoms with van der Waals surface area (Å²) in [7, 11) is 0. The Labute approximate surface area is 127 Å². The van der Waals surface area contributed by atoms with Crippen LogP contribution in [0.2, 0.25) is 0 Å². The van der Waals surface area contributed by atoms with Crippen LogP contribution in [0.25, 0.3) is 0 Å². The minimum atomic E-state index is -0.0498. The van der Waals surface area contributed by atoms with E-state index in [1.54, 1.807) is 0 Å². The number of nitrogen functional groups attached to an aromatic ring is 1. The van der Waals surface area contributed by atoms with Crippen LogP contribution >= 0.6 is 0 Å². The summed E-state index contributed by atoms with van der Waals surface area (Å²) in [6.07, 6.45) is 1.87. The van der Waals surface area contributed by atoms with Gasteiger partial charge in [-0.2, -0.15) is 0 Å². The number of hydrogen-bond acceptors (Lipinski definition) is 2. The summed E-state index contributed by atoms with van der Waals surface area (Å²) in [4.78, 5) is 4.87. The zero-order chi connectivity index (χ0) is 15.6. The first-order valence-electron chi connectivity index (χ1n) is 7.38. The molecule has 3 heteroatoms. The number of hydrogen-bond donors (Lipinski definition) is 1. The van der Waals surface area contributed by atoms with Crippen LogP contribution < -0.4 is 5.73 Å². The van der Waals surface area contributed by atoms with Crippen LogP contribution in [0.15, 0.2) is 43.0 Å². The highest BCUT2D eigenvalue weighted by molar-refractivity contribution is 5.45. The van der Waals surface area contributed by atoms with Crippen molar-refractivity contribution in [1.82, 2.24) is 9.55 Å². The lowest BCUT2D eigenvalue weighted by molar-refractivity contribution is 0.514. The number of nitrogens with two attached hydrogens (primary N) is 1. The lowest BCUT2D eigenvalue weighted by Gasteiger charge is -2.19. The average Bonchev–Trinajstić information content (AvgIpc) is 2.77. The molecule has 1 aromatic heterocycles. The monoisotopic (exact) mass is 283 g/mol. The van der Waals surface area contributed by atoms with E-state index in [4.69, 9.17) is 10.7 Å². The topological polar surface area (TPSA) is 43.8 Å². The molecule has 112 valence electrons. The Hall–Kier alpha value is -2.03. The number of benzene rings is 1. The molecule has 0 aliphatic carbocycles. The molecule has 21 heavy (non-hydrogen) atoms. The number of aromatic nitrogens is 2. The Morgan fingerprint density at radius 2 is 1.90 bits per heavy atom. The van der Waals surface area contributed by atoms with E-state index in [0.29, 0.717) is 6.54 Å². The predicted molar refractivity (Wildman–Crippen MR) is 89.5 cm³/mol. The molecule has 2 N–H and O–H groups in total. The molecular formula is C18H25N3. The molecule has 1 heterocycles. The van der Waals surface area contributed by atoms with Crippen molar-refractivity contribution in [3.63, 3.8) is 0 Å². The fraction of sp³-hybridized carbons (Fsp3) is 0.389. The highest BCUT2D eigenvalue weighted by Crippen LogP contribution is 2.32. The van der Waals surface area contributed by atoms with Gasteiger partial charge in [0.15, 0.2) is 0 Å². The van der Waals surface area contributed by atoms with Crippen molar-refractivity contribution in [3.05, 3.63) is 60.1 Å². The molecule has 1 unspecified atom stereocenters. The van der Waals surface area contributed by atoms with Gasteiger partial charge < -0.3 is 10.3 Å². The van der Waals surface area contributed by atoms with E-state index in [1.165, 1.54) is 5.56 Å². The number of nitrogens with zero attached hydrogens (tertiary/aromatic N) is 2. The van der Waals surface area contributed by atoms with E-state index in [-0.39, 0.29) is 11.3 Å². The molecule has 2 aromatic rings. The van der Waals surface area contributed by atoms with E-state index in [1.807, 2.05) is 24.3 Å². The molecule has 0 aliphatic rings. The lowest BCUT2D eigenvalue weighted by atomic mass is 9.95. The normalized spacial score (nSPS) is 13.1. The summed E-state index contributed by atoms with van der Waals surface area (Å²) in [6, 6.07) is 10.4. The Kier molecular flexibility index (Phi) is 4.21. The van der Waals surface area contributed by atoms with Crippen LogP contribution in [-0.4, -0.2) is 9.55 Å². The molecule has 3 nitrogen and oxygen atoms in total. The zero-order valence-corrected chi connectivity index (χ0v) is 13.4. The maximum atomic E-state index is 6.38. The van der Waals surface area contributed by atoms with Crippen LogP contribution in [0.4, 0.5) is 5.82 Å². The van der Waals surface area contributed by atoms with E-state index < -0.39 is 0 Å². The van der Waals surface area contributed by atoms with Gasteiger partial charge in [-0.3, -0.25) is 0 Å². The van der Waals surface area contributed by atoms with Crippen molar-refractivity contribution in [1.29, 1.82) is 0 Å². The van der Waals surface area contributed by atoms with Gasteiger partial charge in [0.05, 0.1) is 5.69 Å². The third-order valence-corrected chi connectivity index (χ3v) is 3.73. The summed E-state index contributed by atoms with van der Waals surface area (Å²) in [5.74, 6) is 1.94. The largest absolute Gasteiger partial charge is 0.384 e. The molecule has 0 radical (unpaired) electrons. The van der Waals surface area contributed by atoms with Gasteiger partial charge in [0.2, 0.25) is 0 Å². The minimum absolute atomic E-state index is 0.0498. The third kappa shape index (κ3) is 3.02. The van der Waals surface area contributed by atoms with Crippen molar-refractivity contribution < 1.29 is 0 Å². The lowest BCUT2D eigenvalue weighted by Crippen LogP contribution is -2.19. The Morgan fingerprint density at radius 1 is 1.29 bits per heavy atom. The summed E-state index contributed by atoms with van der Waals surface area (Å²) >= 11 is 0. The summed E-state index contributed by atoms with van der Waals surface area (Å²) < 4.78 is 2.07. The third-order valence-electron chi connectivity index (χ3n) is 3.73. The van der Waals surface area contributed by atoms with E-state index in [9.17, 15) is 0 Å². The molecule has 0 bridgehead atoms. The number of imidazole rings is 1. The molecule has 2 rings (SSSR count). The highest BCUT2D eigenvalue weighted by Gasteiger charge is 2.26. The van der Waals surface area contributed by atoms with Gasteiger partial charge >= 0.3 is 0 Å².